The fraction of sp³-hybridized carbons (Fsp3) is 0.538. The monoisotopic (exact) mass is 310 g/mol. The molecule has 1 aromatic rings. The van der Waals surface area contributed by atoms with E-state index in [2.05, 4.69) is 22.3 Å². The van der Waals surface area contributed by atoms with E-state index in [9.17, 15) is 0 Å². The van der Waals surface area contributed by atoms with Crippen molar-refractivity contribution in [3.05, 3.63) is 34.9 Å². The first-order chi connectivity index (χ1) is 7.86. The van der Waals surface area contributed by atoms with E-state index >= 15 is 0 Å². The summed E-state index contributed by atoms with van der Waals surface area (Å²) < 4.78 is 0. The second-order valence-electron chi connectivity index (χ2n) is 4.29. The van der Waals surface area contributed by atoms with Crippen LogP contribution in [0, 0.1) is 0 Å². The van der Waals surface area contributed by atoms with E-state index in [1.165, 1.54) is 31.6 Å². The molecule has 1 aromatic carbocycles. The van der Waals surface area contributed by atoms with Gasteiger partial charge in [-0.3, -0.25) is 0 Å². The Kier molecular flexibility index (Phi) is 9.88. The fourth-order valence-corrected chi connectivity index (χ4v) is 2.36. The lowest BCUT2D eigenvalue weighted by Gasteiger charge is -2.27. The van der Waals surface area contributed by atoms with Gasteiger partial charge in [0.1, 0.15) is 0 Å². The van der Waals surface area contributed by atoms with E-state index in [1.54, 1.807) is 0 Å². The summed E-state index contributed by atoms with van der Waals surface area (Å²) in [7, 11) is 0. The number of nitrogens with one attached hydrogen (secondary N) is 1. The van der Waals surface area contributed by atoms with Gasteiger partial charge in [-0.15, -0.1) is 24.8 Å². The summed E-state index contributed by atoms with van der Waals surface area (Å²) in [6.07, 6.45) is 2.29. The molecule has 0 amide bonds. The minimum Gasteiger partial charge on any atom is -0.314 e. The molecule has 1 fully saturated rings. The Bertz CT molecular complexity index is 328. The van der Waals surface area contributed by atoms with Crippen LogP contribution in [0.15, 0.2) is 24.3 Å². The highest BCUT2D eigenvalue weighted by molar-refractivity contribution is 6.31. The van der Waals surface area contributed by atoms with Gasteiger partial charge in [-0.1, -0.05) is 29.8 Å². The lowest BCUT2D eigenvalue weighted by molar-refractivity contribution is 0.238. The third kappa shape index (κ3) is 5.77. The molecule has 0 atom stereocenters. The fourth-order valence-electron chi connectivity index (χ4n) is 2.13. The smallest absolute Gasteiger partial charge is 0.0437 e. The van der Waals surface area contributed by atoms with Crippen molar-refractivity contribution in [2.75, 3.05) is 32.7 Å². The average molecular weight is 312 g/mol. The number of piperazine rings is 1. The van der Waals surface area contributed by atoms with E-state index in [0.717, 1.165) is 24.5 Å². The molecule has 0 spiro atoms. The third-order valence-electron chi connectivity index (χ3n) is 3.09. The summed E-state index contributed by atoms with van der Waals surface area (Å²) in [5.41, 5.74) is 1.28. The maximum absolute atomic E-state index is 6.12. The van der Waals surface area contributed by atoms with Crippen LogP contribution in [-0.2, 0) is 6.42 Å². The number of aryl methyl sites for hydroxylation is 1. The van der Waals surface area contributed by atoms with Gasteiger partial charge in [0.15, 0.2) is 0 Å². The molecule has 104 valence electrons. The van der Waals surface area contributed by atoms with E-state index in [4.69, 9.17) is 11.6 Å². The third-order valence-corrected chi connectivity index (χ3v) is 3.46. The Hall–Kier alpha value is 0.01000. The van der Waals surface area contributed by atoms with E-state index in [0.29, 0.717) is 0 Å². The minimum absolute atomic E-state index is 0. The van der Waals surface area contributed by atoms with Gasteiger partial charge in [-0.05, 0) is 31.0 Å². The highest BCUT2D eigenvalue weighted by Crippen LogP contribution is 2.16. The number of hydrogen-bond donors (Lipinski definition) is 1. The number of rotatable bonds is 4. The average Bonchev–Trinajstić information content (AvgIpc) is 2.33. The molecule has 0 bridgehead atoms. The van der Waals surface area contributed by atoms with E-state index in [-0.39, 0.29) is 24.8 Å². The normalized spacial score (nSPS) is 15.6. The highest BCUT2D eigenvalue weighted by Gasteiger charge is 2.08. The van der Waals surface area contributed by atoms with Gasteiger partial charge in [-0.25, -0.2) is 0 Å². The molecule has 0 saturated carbocycles. The molecular weight excluding hydrogens is 291 g/mol. The van der Waals surface area contributed by atoms with Gasteiger partial charge in [0, 0.05) is 31.2 Å². The van der Waals surface area contributed by atoms with Crippen molar-refractivity contribution in [2.24, 2.45) is 0 Å². The maximum Gasteiger partial charge on any atom is 0.0437 e. The molecule has 5 heteroatoms. The van der Waals surface area contributed by atoms with Crippen LogP contribution >= 0.6 is 36.4 Å². The van der Waals surface area contributed by atoms with Crippen molar-refractivity contribution in [1.29, 1.82) is 0 Å². The largest absolute Gasteiger partial charge is 0.314 e. The zero-order valence-corrected chi connectivity index (χ0v) is 12.8. The van der Waals surface area contributed by atoms with Crippen molar-refractivity contribution >= 4 is 36.4 Å². The van der Waals surface area contributed by atoms with Gasteiger partial charge < -0.3 is 10.2 Å². The van der Waals surface area contributed by atoms with E-state index in [1.807, 2.05) is 12.1 Å². The minimum atomic E-state index is 0. The molecule has 0 radical (unpaired) electrons. The molecule has 1 heterocycles. The lowest BCUT2D eigenvalue weighted by Crippen LogP contribution is -2.43. The van der Waals surface area contributed by atoms with Crippen LogP contribution in [0.5, 0.6) is 0 Å². The number of nitrogens with zero attached hydrogens (tertiary/aromatic N) is 1. The Morgan fingerprint density at radius 1 is 1.11 bits per heavy atom. The van der Waals surface area contributed by atoms with E-state index < -0.39 is 0 Å². The molecule has 0 unspecified atom stereocenters. The van der Waals surface area contributed by atoms with Crippen molar-refractivity contribution in [2.45, 2.75) is 12.8 Å². The number of benzene rings is 1. The van der Waals surface area contributed by atoms with Crippen LogP contribution in [0.4, 0.5) is 0 Å². The summed E-state index contributed by atoms with van der Waals surface area (Å²) in [5.74, 6) is 0. The number of hydrogen-bond acceptors (Lipinski definition) is 2. The Morgan fingerprint density at radius 2 is 1.78 bits per heavy atom. The first-order valence-electron chi connectivity index (χ1n) is 6.03. The van der Waals surface area contributed by atoms with Crippen LogP contribution < -0.4 is 5.32 Å². The number of halogens is 3. The maximum atomic E-state index is 6.12. The lowest BCUT2D eigenvalue weighted by atomic mass is 10.1. The van der Waals surface area contributed by atoms with Crippen molar-refractivity contribution < 1.29 is 0 Å². The molecule has 2 rings (SSSR count). The summed E-state index contributed by atoms with van der Waals surface area (Å²) in [5, 5.41) is 4.27. The van der Waals surface area contributed by atoms with Gasteiger partial charge in [0.25, 0.3) is 0 Å². The van der Waals surface area contributed by atoms with Crippen molar-refractivity contribution in [3.8, 4) is 0 Å². The Morgan fingerprint density at radius 3 is 2.44 bits per heavy atom. The first kappa shape index (κ1) is 18.0. The zero-order valence-electron chi connectivity index (χ0n) is 10.4. The first-order valence-corrected chi connectivity index (χ1v) is 6.40. The molecule has 0 aliphatic carbocycles. The van der Waals surface area contributed by atoms with Gasteiger partial charge in [-0.2, -0.15) is 0 Å². The molecule has 1 N–H and O–H groups in total. The predicted molar refractivity (Wildman–Crippen MR) is 83.6 cm³/mol. The molecule has 1 aliphatic heterocycles. The summed E-state index contributed by atoms with van der Waals surface area (Å²) in [6, 6.07) is 8.15. The molecule has 0 aromatic heterocycles. The summed E-state index contributed by atoms with van der Waals surface area (Å²) in [6.45, 7) is 5.82. The van der Waals surface area contributed by atoms with Gasteiger partial charge in [0.05, 0.1) is 0 Å². The Balaban J connectivity index is 0.00000144. The van der Waals surface area contributed by atoms with Gasteiger partial charge >= 0.3 is 0 Å². The quantitative estimate of drug-likeness (QED) is 0.919. The molecule has 18 heavy (non-hydrogen) atoms. The topological polar surface area (TPSA) is 15.3 Å². The SMILES string of the molecule is Cl.Cl.Clc1ccccc1CCCN1CCNCC1. The molecular formula is C13H21Cl3N2. The predicted octanol–water partition coefficient (Wildman–Crippen LogP) is 3.02. The van der Waals surface area contributed by atoms with Crippen LogP contribution in [0.2, 0.25) is 5.02 Å². The second-order valence-corrected chi connectivity index (χ2v) is 4.69. The highest BCUT2D eigenvalue weighted by atomic mass is 35.5. The van der Waals surface area contributed by atoms with Crippen LogP contribution in [0.1, 0.15) is 12.0 Å². The summed E-state index contributed by atoms with van der Waals surface area (Å²) >= 11 is 6.12. The van der Waals surface area contributed by atoms with Crippen LogP contribution in [-0.4, -0.2) is 37.6 Å². The molecule has 1 aliphatic rings. The standard InChI is InChI=1S/C13H19ClN2.2ClH/c14-13-6-2-1-4-12(13)5-3-9-16-10-7-15-8-11-16;;/h1-2,4,6,15H,3,5,7-11H2;2*1H. The zero-order chi connectivity index (χ0) is 11.2. The van der Waals surface area contributed by atoms with Crippen LogP contribution in [0.25, 0.3) is 0 Å². The Labute approximate surface area is 127 Å². The molecule has 1 saturated heterocycles. The van der Waals surface area contributed by atoms with Crippen molar-refractivity contribution in [3.63, 3.8) is 0 Å². The summed E-state index contributed by atoms with van der Waals surface area (Å²) in [4.78, 5) is 2.52. The van der Waals surface area contributed by atoms with Crippen LogP contribution in [0.3, 0.4) is 0 Å². The molecule has 2 nitrogen and oxygen atoms in total. The van der Waals surface area contributed by atoms with Crippen molar-refractivity contribution in [1.82, 2.24) is 10.2 Å². The second kappa shape index (κ2) is 9.88. The van der Waals surface area contributed by atoms with Gasteiger partial charge in [0.2, 0.25) is 0 Å².